The molecule has 0 amide bonds. The van der Waals surface area contributed by atoms with Crippen molar-refractivity contribution in [3.63, 3.8) is 0 Å². The van der Waals surface area contributed by atoms with Gasteiger partial charge in [-0.3, -0.25) is 4.79 Å². The fraction of sp³-hybridized carbons (Fsp3) is 0.353. The van der Waals surface area contributed by atoms with Crippen LogP contribution in [0.15, 0.2) is 35.1 Å². The van der Waals surface area contributed by atoms with E-state index >= 15 is 0 Å². The van der Waals surface area contributed by atoms with Crippen molar-refractivity contribution < 1.29 is 0 Å². The summed E-state index contributed by atoms with van der Waals surface area (Å²) in [6, 6.07) is 10.0. The van der Waals surface area contributed by atoms with Crippen molar-refractivity contribution in [3.05, 3.63) is 51.9 Å². The van der Waals surface area contributed by atoms with Crippen LogP contribution in [0.3, 0.4) is 0 Å². The highest BCUT2D eigenvalue weighted by atomic mass is 32.1. The minimum atomic E-state index is -0.112. The summed E-state index contributed by atoms with van der Waals surface area (Å²) >= 11 is 1.48. The second-order valence-electron chi connectivity index (χ2n) is 6.08. The number of rotatable bonds is 2. The second kappa shape index (κ2) is 5.90. The maximum atomic E-state index is 12.0. The van der Waals surface area contributed by atoms with Gasteiger partial charge in [-0.25, -0.2) is 4.98 Å². The fourth-order valence-corrected chi connectivity index (χ4v) is 4.10. The molecule has 0 atom stereocenters. The maximum absolute atomic E-state index is 12.0. The molecule has 6 nitrogen and oxygen atoms in total. The van der Waals surface area contributed by atoms with Gasteiger partial charge in [-0.1, -0.05) is 29.5 Å². The highest BCUT2D eigenvalue weighted by Gasteiger charge is 2.21. The van der Waals surface area contributed by atoms with Crippen LogP contribution in [0.1, 0.15) is 11.3 Å². The number of para-hydroxylation sites is 1. The highest BCUT2D eigenvalue weighted by Crippen LogP contribution is 2.25. The number of nitrogens with zero attached hydrogens (tertiary/aromatic N) is 5. The first-order chi connectivity index (χ1) is 11.6. The third kappa shape index (κ3) is 2.65. The molecule has 1 aliphatic heterocycles. The minimum absolute atomic E-state index is 0.112. The Labute approximate surface area is 144 Å². The highest BCUT2D eigenvalue weighted by molar-refractivity contribution is 7.20. The predicted molar refractivity (Wildman–Crippen MR) is 97.5 cm³/mol. The second-order valence-corrected chi connectivity index (χ2v) is 7.01. The molecule has 4 rings (SSSR count). The normalized spacial score (nSPS) is 15.2. The number of piperazine rings is 1. The summed E-state index contributed by atoms with van der Waals surface area (Å²) in [7, 11) is 0. The largest absolute Gasteiger partial charge is 0.368 e. The van der Waals surface area contributed by atoms with E-state index in [0.717, 1.165) is 37.0 Å². The summed E-state index contributed by atoms with van der Waals surface area (Å²) in [5.74, 6) is 0. The van der Waals surface area contributed by atoms with E-state index in [9.17, 15) is 4.79 Å². The van der Waals surface area contributed by atoms with Gasteiger partial charge in [0.05, 0.1) is 0 Å². The molecule has 0 spiro atoms. The zero-order chi connectivity index (χ0) is 16.7. The minimum Gasteiger partial charge on any atom is -0.368 e. The van der Waals surface area contributed by atoms with Crippen LogP contribution in [0.5, 0.6) is 0 Å². The molecule has 124 valence electrons. The molecule has 1 aromatic carbocycles. The predicted octanol–water partition coefficient (Wildman–Crippen LogP) is 2.09. The monoisotopic (exact) mass is 341 g/mol. The quantitative estimate of drug-likeness (QED) is 0.714. The van der Waals surface area contributed by atoms with Crippen LogP contribution in [-0.2, 0) is 0 Å². The van der Waals surface area contributed by atoms with Crippen LogP contribution < -0.4 is 15.4 Å². The van der Waals surface area contributed by atoms with E-state index in [2.05, 4.69) is 51.1 Å². The van der Waals surface area contributed by atoms with Gasteiger partial charge in [-0.15, -0.1) is 5.10 Å². The molecular formula is C17H19N5OS. The molecule has 0 unspecified atom stereocenters. The number of anilines is 2. The van der Waals surface area contributed by atoms with Gasteiger partial charge < -0.3 is 9.80 Å². The molecule has 3 aromatic rings. The fourth-order valence-electron chi connectivity index (χ4n) is 3.09. The first-order valence-corrected chi connectivity index (χ1v) is 8.86. The Balaban J connectivity index is 1.55. The SMILES string of the molecule is Cc1cc(=O)n2nc(N3CCN(c4ccccc4C)CC3)sc2n1. The Morgan fingerprint density at radius 2 is 1.75 bits per heavy atom. The third-order valence-corrected chi connectivity index (χ3v) is 5.34. The van der Waals surface area contributed by atoms with Crippen molar-refractivity contribution in [3.8, 4) is 0 Å². The lowest BCUT2D eigenvalue weighted by Crippen LogP contribution is -2.46. The van der Waals surface area contributed by atoms with E-state index in [1.807, 2.05) is 6.92 Å². The average molecular weight is 341 g/mol. The van der Waals surface area contributed by atoms with Gasteiger partial charge in [-0.2, -0.15) is 4.52 Å². The van der Waals surface area contributed by atoms with Crippen molar-refractivity contribution in [2.75, 3.05) is 36.0 Å². The zero-order valence-electron chi connectivity index (χ0n) is 13.8. The summed E-state index contributed by atoms with van der Waals surface area (Å²) in [5, 5.41) is 5.33. The topological polar surface area (TPSA) is 53.7 Å². The number of benzene rings is 1. The van der Waals surface area contributed by atoms with Crippen molar-refractivity contribution in [1.29, 1.82) is 0 Å². The molecular weight excluding hydrogens is 322 g/mol. The van der Waals surface area contributed by atoms with E-state index in [4.69, 9.17) is 0 Å². The Hall–Kier alpha value is -2.41. The molecule has 0 saturated carbocycles. The Morgan fingerprint density at radius 3 is 2.50 bits per heavy atom. The summed E-state index contributed by atoms with van der Waals surface area (Å²) in [6.45, 7) is 7.66. The molecule has 1 saturated heterocycles. The molecule has 2 aromatic heterocycles. The maximum Gasteiger partial charge on any atom is 0.275 e. The van der Waals surface area contributed by atoms with E-state index < -0.39 is 0 Å². The first-order valence-electron chi connectivity index (χ1n) is 8.05. The molecule has 0 bridgehead atoms. The lowest BCUT2D eigenvalue weighted by atomic mass is 10.1. The Morgan fingerprint density at radius 1 is 1.04 bits per heavy atom. The Bertz CT molecular complexity index is 940. The van der Waals surface area contributed by atoms with Crippen molar-refractivity contribution >= 4 is 27.1 Å². The van der Waals surface area contributed by atoms with Crippen molar-refractivity contribution in [2.24, 2.45) is 0 Å². The average Bonchev–Trinajstić information content (AvgIpc) is 3.00. The number of fused-ring (bicyclic) bond motifs is 1. The van der Waals surface area contributed by atoms with E-state index in [0.29, 0.717) is 4.96 Å². The van der Waals surface area contributed by atoms with Gasteiger partial charge >= 0.3 is 0 Å². The van der Waals surface area contributed by atoms with Gasteiger partial charge in [0.25, 0.3) is 5.56 Å². The molecule has 7 heteroatoms. The van der Waals surface area contributed by atoms with Gasteiger partial charge in [0.2, 0.25) is 10.1 Å². The molecule has 3 heterocycles. The molecule has 1 fully saturated rings. The molecule has 0 radical (unpaired) electrons. The van der Waals surface area contributed by atoms with Crippen LogP contribution in [0, 0.1) is 13.8 Å². The van der Waals surface area contributed by atoms with E-state index in [-0.39, 0.29) is 5.56 Å². The van der Waals surface area contributed by atoms with E-state index in [1.165, 1.54) is 33.2 Å². The lowest BCUT2D eigenvalue weighted by Gasteiger charge is -2.36. The van der Waals surface area contributed by atoms with Gasteiger partial charge in [0.15, 0.2) is 0 Å². The number of hydrogen-bond acceptors (Lipinski definition) is 6. The third-order valence-electron chi connectivity index (χ3n) is 4.37. The standard InChI is InChI=1S/C17H19N5OS/c1-12-5-3-4-6-14(12)20-7-9-21(10-8-20)17-19-22-15(23)11-13(2)18-16(22)24-17/h3-6,11H,7-10H2,1-2H3. The number of aryl methyl sites for hydroxylation is 2. The summed E-state index contributed by atoms with van der Waals surface area (Å²) in [6.07, 6.45) is 0. The summed E-state index contributed by atoms with van der Waals surface area (Å²) < 4.78 is 1.40. The number of hydrogen-bond donors (Lipinski definition) is 0. The van der Waals surface area contributed by atoms with E-state index in [1.54, 1.807) is 0 Å². The lowest BCUT2D eigenvalue weighted by molar-refractivity contribution is 0.646. The van der Waals surface area contributed by atoms with Gasteiger partial charge in [0, 0.05) is 43.6 Å². The summed E-state index contributed by atoms with van der Waals surface area (Å²) in [5.41, 5.74) is 3.23. The smallest absolute Gasteiger partial charge is 0.275 e. The van der Waals surface area contributed by atoms with Crippen LogP contribution in [0.4, 0.5) is 10.8 Å². The van der Waals surface area contributed by atoms with Crippen molar-refractivity contribution in [1.82, 2.24) is 14.6 Å². The number of aromatic nitrogens is 3. The zero-order valence-corrected chi connectivity index (χ0v) is 14.6. The Kier molecular flexibility index (Phi) is 3.72. The van der Waals surface area contributed by atoms with Crippen molar-refractivity contribution in [2.45, 2.75) is 13.8 Å². The van der Waals surface area contributed by atoms with Crippen LogP contribution >= 0.6 is 11.3 Å². The van der Waals surface area contributed by atoms with Crippen LogP contribution in [0.2, 0.25) is 0 Å². The molecule has 1 aliphatic rings. The van der Waals surface area contributed by atoms with Crippen LogP contribution in [0.25, 0.3) is 4.96 Å². The molecule has 24 heavy (non-hydrogen) atoms. The van der Waals surface area contributed by atoms with Crippen LogP contribution in [-0.4, -0.2) is 40.8 Å². The first kappa shape index (κ1) is 15.1. The molecule has 0 N–H and O–H groups in total. The van der Waals surface area contributed by atoms with Gasteiger partial charge in [-0.05, 0) is 25.5 Å². The molecule has 0 aliphatic carbocycles. The van der Waals surface area contributed by atoms with Gasteiger partial charge in [0.1, 0.15) is 0 Å². The summed E-state index contributed by atoms with van der Waals surface area (Å²) in [4.78, 5) is 21.7.